The van der Waals surface area contributed by atoms with Crippen LogP contribution in [0.4, 0.5) is 0 Å². The predicted octanol–water partition coefficient (Wildman–Crippen LogP) is 5.06. The molecule has 26 heavy (non-hydrogen) atoms. The van der Waals surface area contributed by atoms with Gasteiger partial charge in [-0.15, -0.1) is 0 Å². The van der Waals surface area contributed by atoms with Gasteiger partial charge in [-0.1, -0.05) is 85.8 Å². The third-order valence-corrected chi connectivity index (χ3v) is 5.60. The third kappa shape index (κ3) is 3.07. The summed E-state index contributed by atoms with van der Waals surface area (Å²) in [5.41, 5.74) is 5.05. The molecule has 1 aliphatic heterocycles. The average Bonchev–Trinajstić information content (AvgIpc) is 3.13. The summed E-state index contributed by atoms with van der Waals surface area (Å²) in [7, 11) is 1.80. The molecule has 0 radical (unpaired) electrons. The second kappa shape index (κ2) is 7.06. The zero-order valence-electron chi connectivity index (χ0n) is 15.4. The van der Waals surface area contributed by atoms with E-state index in [0.717, 1.165) is 6.54 Å². The van der Waals surface area contributed by atoms with Gasteiger partial charge >= 0.3 is 0 Å². The maximum absolute atomic E-state index is 5.91. The summed E-state index contributed by atoms with van der Waals surface area (Å²) >= 11 is 0. The van der Waals surface area contributed by atoms with Gasteiger partial charge in [0.25, 0.3) is 0 Å². The van der Waals surface area contributed by atoms with E-state index < -0.39 is 0 Å². The maximum atomic E-state index is 5.91. The molecule has 0 bridgehead atoms. The summed E-state index contributed by atoms with van der Waals surface area (Å²) in [4.78, 5) is 0. The first-order valence-corrected chi connectivity index (χ1v) is 9.19. The van der Waals surface area contributed by atoms with Crippen molar-refractivity contribution >= 4 is 6.08 Å². The summed E-state index contributed by atoms with van der Waals surface area (Å²) in [5.74, 6) is 0. The molecule has 2 aromatic rings. The lowest BCUT2D eigenvalue weighted by molar-refractivity contribution is 0.0363. The molecule has 132 valence electrons. The summed E-state index contributed by atoms with van der Waals surface area (Å²) in [5, 5.41) is 3.69. The monoisotopic (exact) mass is 343 g/mol. The summed E-state index contributed by atoms with van der Waals surface area (Å²) < 4.78 is 5.91. The van der Waals surface area contributed by atoms with Crippen LogP contribution in [0.2, 0.25) is 0 Å². The maximum Gasteiger partial charge on any atom is 0.0867 e. The van der Waals surface area contributed by atoms with Gasteiger partial charge in [0, 0.05) is 25.1 Å². The van der Waals surface area contributed by atoms with Crippen LogP contribution in [0.5, 0.6) is 0 Å². The minimum Gasteiger partial charge on any atom is -0.376 e. The quantitative estimate of drug-likeness (QED) is 0.837. The fourth-order valence-corrected chi connectivity index (χ4v) is 4.08. The molecule has 0 saturated carbocycles. The molecule has 3 atom stereocenters. The first-order chi connectivity index (χ1) is 12.7. The molecule has 0 spiro atoms. The van der Waals surface area contributed by atoms with Gasteiger partial charge < -0.3 is 10.1 Å². The molecule has 1 heterocycles. The zero-order valence-corrected chi connectivity index (χ0v) is 15.4. The van der Waals surface area contributed by atoms with Gasteiger partial charge in [-0.25, -0.2) is 0 Å². The molecule has 2 aromatic carbocycles. The molecule has 1 N–H and O–H groups in total. The number of fused-ring (bicyclic) bond motifs is 1. The van der Waals surface area contributed by atoms with Crippen LogP contribution in [0.3, 0.4) is 0 Å². The highest BCUT2D eigenvalue weighted by molar-refractivity contribution is 5.56. The zero-order chi connectivity index (χ0) is 18.0. The highest BCUT2D eigenvalue weighted by Gasteiger charge is 2.43. The number of benzene rings is 2. The third-order valence-electron chi connectivity index (χ3n) is 5.60. The van der Waals surface area contributed by atoms with E-state index in [1.807, 2.05) is 6.07 Å². The topological polar surface area (TPSA) is 21.3 Å². The van der Waals surface area contributed by atoms with Crippen molar-refractivity contribution in [2.45, 2.75) is 25.6 Å². The number of hydrogen-bond acceptors (Lipinski definition) is 2. The van der Waals surface area contributed by atoms with Gasteiger partial charge in [0.2, 0.25) is 0 Å². The van der Waals surface area contributed by atoms with E-state index in [1.165, 1.54) is 22.3 Å². The fraction of sp³-hybridized carbons (Fsp3) is 0.250. The van der Waals surface area contributed by atoms with E-state index in [1.54, 1.807) is 7.11 Å². The SMILES string of the molecule is COC1C=C(C=Cc2ccccc2)C=CC1(C)C1NCc2ccccc21. The Balaban J connectivity index is 1.60. The summed E-state index contributed by atoms with van der Waals surface area (Å²) in [6, 6.07) is 19.3. The Hall–Kier alpha value is -2.42. The van der Waals surface area contributed by atoms with E-state index >= 15 is 0 Å². The van der Waals surface area contributed by atoms with Crippen molar-refractivity contribution in [1.82, 2.24) is 5.32 Å². The van der Waals surface area contributed by atoms with E-state index in [0.29, 0.717) is 0 Å². The van der Waals surface area contributed by atoms with E-state index in [9.17, 15) is 0 Å². The lowest BCUT2D eigenvalue weighted by Gasteiger charge is -2.40. The molecule has 0 fully saturated rings. The fourth-order valence-electron chi connectivity index (χ4n) is 4.08. The molecule has 0 aromatic heterocycles. The Bertz CT molecular complexity index is 865. The number of ether oxygens (including phenoxy) is 1. The van der Waals surface area contributed by atoms with Crippen LogP contribution in [0.25, 0.3) is 6.08 Å². The Morgan fingerprint density at radius 1 is 1.04 bits per heavy atom. The Labute approximate surface area is 155 Å². The Morgan fingerprint density at radius 3 is 2.62 bits per heavy atom. The minimum absolute atomic E-state index is 0.0200. The van der Waals surface area contributed by atoms with Crippen molar-refractivity contribution in [3.63, 3.8) is 0 Å². The normalized spacial score (nSPS) is 27.5. The Kier molecular flexibility index (Phi) is 4.62. The highest BCUT2D eigenvalue weighted by Crippen LogP contribution is 2.46. The summed E-state index contributed by atoms with van der Waals surface area (Å²) in [6.07, 6.45) is 11.1. The van der Waals surface area contributed by atoms with Crippen LogP contribution < -0.4 is 5.32 Å². The van der Waals surface area contributed by atoms with Crippen molar-refractivity contribution in [2.24, 2.45) is 5.41 Å². The van der Waals surface area contributed by atoms with E-state index in [-0.39, 0.29) is 17.6 Å². The van der Waals surface area contributed by atoms with Crippen LogP contribution >= 0.6 is 0 Å². The lowest BCUT2D eigenvalue weighted by atomic mass is 9.71. The van der Waals surface area contributed by atoms with Gasteiger partial charge in [-0.05, 0) is 28.3 Å². The molecule has 0 saturated heterocycles. The number of rotatable bonds is 4. The predicted molar refractivity (Wildman–Crippen MR) is 108 cm³/mol. The second-order valence-corrected chi connectivity index (χ2v) is 7.28. The molecule has 2 heteroatoms. The number of hydrogen-bond donors (Lipinski definition) is 1. The smallest absolute Gasteiger partial charge is 0.0867 e. The highest BCUT2D eigenvalue weighted by atomic mass is 16.5. The Morgan fingerprint density at radius 2 is 1.81 bits per heavy atom. The first-order valence-electron chi connectivity index (χ1n) is 9.19. The standard InChI is InChI=1S/C24H25NO/c1-24(23-21-11-7-6-10-20(21)17-25-23)15-14-19(16-22(24)26-2)13-12-18-8-4-3-5-9-18/h3-16,22-23,25H,17H2,1-2H3. The number of allylic oxidation sites excluding steroid dienone is 3. The molecular formula is C24H25NO. The summed E-state index contributed by atoms with van der Waals surface area (Å²) in [6.45, 7) is 3.21. The first kappa shape index (κ1) is 17.0. The van der Waals surface area contributed by atoms with Crippen molar-refractivity contribution in [3.8, 4) is 0 Å². The van der Waals surface area contributed by atoms with Gasteiger partial charge in [0.15, 0.2) is 0 Å². The average molecular weight is 343 g/mol. The van der Waals surface area contributed by atoms with Gasteiger partial charge in [0.1, 0.15) is 0 Å². The molecule has 4 rings (SSSR count). The molecule has 0 amide bonds. The van der Waals surface area contributed by atoms with Crippen LogP contribution in [0.1, 0.15) is 29.7 Å². The minimum atomic E-state index is -0.120. The molecule has 2 nitrogen and oxygen atoms in total. The van der Waals surface area contributed by atoms with Crippen LogP contribution in [0, 0.1) is 5.41 Å². The molecular weight excluding hydrogens is 318 g/mol. The van der Waals surface area contributed by atoms with E-state index in [2.05, 4.69) is 91.2 Å². The van der Waals surface area contributed by atoms with Gasteiger partial charge in [0.05, 0.1) is 6.10 Å². The number of nitrogens with one attached hydrogen (secondary N) is 1. The van der Waals surface area contributed by atoms with Crippen LogP contribution in [-0.4, -0.2) is 13.2 Å². The van der Waals surface area contributed by atoms with E-state index in [4.69, 9.17) is 4.74 Å². The lowest BCUT2D eigenvalue weighted by Crippen LogP contribution is -2.42. The molecule has 2 aliphatic rings. The largest absolute Gasteiger partial charge is 0.376 e. The van der Waals surface area contributed by atoms with Crippen molar-refractivity contribution in [3.05, 3.63) is 101 Å². The van der Waals surface area contributed by atoms with Gasteiger partial charge in [-0.2, -0.15) is 0 Å². The van der Waals surface area contributed by atoms with Crippen LogP contribution in [0.15, 0.2) is 84.5 Å². The van der Waals surface area contributed by atoms with Gasteiger partial charge in [-0.3, -0.25) is 0 Å². The van der Waals surface area contributed by atoms with Crippen molar-refractivity contribution in [1.29, 1.82) is 0 Å². The van der Waals surface area contributed by atoms with Crippen LogP contribution in [-0.2, 0) is 11.3 Å². The van der Waals surface area contributed by atoms with Crippen molar-refractivity contribution in [2.75, 3.05) is 7.11 Å². The second-order valence-electron chi connectivity index (χ2n) is 7.28. The molecule has 1 aliphatic carbocycles. The van der Waals surface area contributed by atoms with Crippen molar-refractivity contribution < 1.29 is 4.74 Å². The number of methoxy groups -OCH3 is 1. The molecule has 3 unspecified atom stereocenters.